The molecule has 0 saturated carbocycles. The van der Waals surface area contributed by atoms with Gasteiger partial charge in [-0.15, -0.1) is 0 Å². The van der Waals surface area contributed by atoms with Crippen LogP contribution in [0.3, 0.4) is 0 Å². The SMILES string of the molecule is CCC(=O)Nc1cccc(-c2cnc3[nH]cc(C)c3c2)c1. The smallest absolute Gasteiger partial charge is 0.224 e. The maximum absolute atomic E-state index is 11.5. The summed E-state index contributed by atoms with van der Waals surface area (Å²) in [4.78, 5) is 19.1. The topological polar surface area (TPSA) is 57.8 Å². The Bertz CT molecular complexity index is 805. The van der Waals surface area contributed by atoms with Gasteiger partial charge in [0.2, 0.25) is 5.91 Å². The van der Waals surface area contributed by atoms with E-state index in [1.54, 1.807) is 0 Å². The number of aromatic nitrogens is 2. The van der Waals surface area contributed by atoms with E-state index in [9.17, 15) is 4.79 Å². The van der Waals surface area contributed by atoms with Gasteiger partial charge in [-0.05, 0) is 36.2 Å². The number of aromatic amines is 1. The third-order valence-electron chi connectivity index (χ3n) is 3.54. The Balaban J connectivity index is 1.99. The third-order valence-corrected chi connectivity index (χ3v) is 3.54. The Morgan fingerprint density at radius 1 is 1.29 bits per heavy atom. The molecule has 0 radical (unpaired) electrons. The van der Waals surface area contributed by atoms with Gasteiger partial charge in [-0.25, -0.2) is 4.98 Å². The van der Waals surface area contributed by atoms with E-state index in [-0.39, 0.29) is 5.91 Å². The fourth-order valence-electron chi connectivity index (χ4n) is 2.32. The zero-order valence-corrected chi connectivity index (χ0v) is 12.1. The van der Waals surface area contributed by atoms with Crippen LogP contribution >= 0.6 is 0 Å². The number of aryl methyl sites for hydroxylation is 1. The number of anilines is 1. The maximum Gasteiger partial charge on any atom is 0.224 e. The summed E-state index contributed by atoms with van der Waals surface area (Å²) in [5.74, 6) is 0.0159. The summed E-state index contributed by atoms with van der Waals surface area (Å²) in [6.45, 7) is 3.90. The van der Waals surface area contributed by atoms with Crippen molar-refractivity contribution in [1.29, 1.82) is 0 Å². The second-order valence-electron chi connectivity index (χ2n) is 5.07. The lowest BCUT2D eigenvalue weighted by Gasteiger charge is -2.07. The van der Waals surface area contributed by atoms with Gasteiger partial charge in [0.25, 0.3) is 0 Å². The molecule has 0 bridgehead atoms. The summed E-state index contributed by atoms with van der Waals surface area (Å²) in [7, 11) is 0. The normalized spacial score (nSPS) is 10.8. The minimum Gasteiger partial charge on any atom is -0.346 e. The van der Waals surface area contributed by atoms with Gasteiger partial charge in [0.15, 0.2) is 0 Å². The zero-order valence-electron chi connectivity index (χ0n) is 12.1. The molecular formula is C17H17N3O. The number of H-pyrrole nitrogens is 1. The van der Waals surface area contributed by atoms with E-state index in [4.69, 9.17) is 0 Å². The average Bonchev–Trinajstić information content (AvgIpc) is 2.88. The number of pyridine rings is 1. The molecule has 4 heteroatoms. The van der Waals surface area contributed by atoms with E-state index in [1.807, 2.05) is 43.6 Å². The standard InChI is InChI=1S/C17H17N3O/c1-3-16(21)20-14-6-4-5-12(7-14)13-8-15-11(2)9-18-17(15)19-10-13/h4-10H,3H2,1-2H3,(H,18,19)(H,20,21). The molecule has 0 aliphatic heterocycles. The van der Waals surface area contributed by atoms with Gasteiger partial charge in [-0.2, -0.15) is 0 Å². The Kier molecular flexibility index (Phi) is 3.44. The summed E-state index contributed by atoms with van der Waals surface area (Å²) in [5, 5.41) is 4.00. The largest absolute Gasteiger partial charge is 0.346 e. The predicted molar refractivity (Wildman–Crippen MR) is 85.2 cm³/mol. The van der Waals surface area contributed by atoms with Gasteiger partial charge in [0, 0.05) is 35.5 Å². The highest BCUT2D eigenvalue weighted by Gasteiger charge is 2.06. The van der Waals surface area contributed by atoms with Gasteiger partial charge in [0.1, 0.15) is 5.65 Å². The second kappa shape index (κ2) is 5.40. The summed E-state index contributed by atoms with van der Waals surface area (Å²) >= 11 is 0. The van der Waals surface area contributed by atoms with Crippen molar-refractivity contribution in [1.82, 2.24) is 9.97 Å². The molecule has 1 amide bonds. The molecule has 21 heavy (non-hydrogen) atoms. The van der Waals surface area contributed by atoms with Crippen LogP contribution in [-0.4, -0.2) is 15.9 Å². The van der Waals surface area contributed by atoms with E-state index in [1.165, 1.54) is 5.56 Å². The molecule has 0 aliphatic carbocycles. The van der Waals surface area contributed by atoms with Gasteiger partial charge in [0.05, 0.1) is 0 Å². The number of carbonyl (C=O) groups is 1. The minimum absolute atomic E-state index is 0.0159. The fraction of sp³-hybridized carbons (Fsp3) is 0.176. The highest BCUT2D eigenvalue weighted by molar-refractivity contribution is 5.91. The third kappa shape index (κ3) is 2.65. The monoisotopic (exact) mass is 279 g/mol. The van der Waals surface area contributed by atoms with Crippen molar-refractivity contribution in [2.45, 2.75) is 20.3 Å². The lowest BCUT2D eigenvalue weighted by Crippen LogP contribution is -2.09. The van der Waals surface area contributed by atoms with Crippen LogP contribution in [0.15, 0.2) is 42.7 Å². The quantitative estimate of drug-likeness (QED) is 0.764. The number of carbonyl (C=O) groups excluding carboxylic acids is 1. The Hall–Kier alpha value is -2.62. The van der Waals surface area contributed by atoms with Crippen molar-refractivity contribution in [3.8, 4) is 11.1 Å². The van der Waals surface area contributed by atoms with Crippen LogP contribution in [0.25, 0.3) is 22.2 Å². The number of nitrogens with one attached hydrogen (secondary N) is 2. The van der Waals surface area contributed by atoms with Crippen molar-refractivity contribution < 1.29 is 4.79 Å². The zero-order chi connectivity index (χ0) is 14.8. The van der Waals surface area contributed by atoms with Crippen LogP contribution < -0.4 is 5.32 Å². The van der Waals surface area contributed by atoms with E-state index in [2.05, 4.69) is 28.3 Å². The van der Waals surface area contributed by atoms with Crippen LogP contribution in [0.4, 0.5) is 5.69 Å². The Morgan fingerprint density at radius 2 is 2.14 bits per heavy atom. The molecule has 0 fully saturated rings. The van der Waals surface area contributed by atoms with Crippen LogP contribution in [0.1, 0.15) is 18.9 Å². The number of rotatable bonds is 3. The first kappa shape index (κ1) is 13.4. The summed E-state index contributed by atoms with van der Waals surface area (Å²) in [6, 6.07) is 9.94. The second-order valence-corrected chi connectivity index (χ2v) is 5.07. The Morgan fingerprint density at radius 3 is 2.95 bits per heavy atom. The van der Waals surface area contributed by atoms with Crippen molar-refractivity contribution in [2.24, 2.45) is 0 Å². The highest BCUT2D eigenvalue weighted by atomic mass is 16.1. The van der Waals surface area contributed by atoms with Crippen molar-refractivity contribution in [2.75, 3.05) is 5.32 Å². The molecular weight excluding hydrogens is 262 g/mol. The van der Waals surface area contributed by atoms with E-state index < -0.39 is 0 Å². The molecule has 106 valence electrons. The molecule has 3 rings (SSSR count). The number of fused-ring (bicyclic) bond motifs is 1. The highest BCUT2D eigenvalue weighted by Crippen LogP contribution is 2.26. The average molecular weight is 279 g/mol. The summed E-state index contributed by atoms with van der Waals surface area (Å²) < 4.78 is 0. The van der Waals surface area contributed by atoms with Crippen LogP contribution in [-0.2, 0) is 4.79 Å². The maximum atomic E-state index is 11.5. The lowest BCUT2D eigenvalue weighted by molar-refractivity contribution is -0.115. The molecule has 2 N–H and O–H groups in total. The van der Waals surface area contributed by atoms with Crippen molar-refractivity contribution in [3.05, 3.63) is 48.3 Å². The summed E-state index contributed by atoms with van der Waals surface area (Å²) in [6.07, 6.45) is 4.28. The lowest BCUT2D eigenvalue weighted by atomic mass is 10.1. The van der Waals surface area contributed by atoms with E-state index >= 15 is 0 Å². The van der Waals surface area contributed by atoms with Crippen molar-refractivity contribution in [3.63, 3.8) is 0 Å². The first-order valence-electron chi connectivity index (χ1n) is 7.01. The van der Waals surface area contributed by atoms with Crippen LogP contribution in [0, 0.1) is 6.92 Å². The van der Waals surface area contributed by atoms with Gasteiger partial charge >= 0.3 is 0 Å². The molecule has 0 unspecified atom stereocenters. The molecule has 1 aromatic carbocycles. The molecule has 4 nitrogen and oxygen atoms in total. The molecule has 0 aliphatic rings. The number of hydrogen-bond donors (Lipinski definition) is 2. The number of amides is 1. The molecule has 0 spiro atoms. The predicted octanol–water partition coefficient (Wildman–Crippen LogP) is 3.89. The molecule has 0 saturated heterocycles. The van der Waals surface area contributed by atoms with Gasteiger partial charge in [-0.3, -0.25) is 4.79 Å². The van der Waals surface area contributed by atoms with E-state index in [0.29, 0.717) is 6.42 Å². The Labute approximate surface area is 123 Å². The number of benzene rings is 1. The van der Waals surface area contributed by atoms with Crippen molar-refractivity contribution >= 4 is 22.6 Å². The van der Waals surface area contributed by atoms with Gasteiger partial charge in [-0.1, -0.05) is 19.1 Å². The number of nitrogens with zero attached hydrogens (tertiary/aromatic N) is 1. The summed E-state index contributed by atoms with van der Waals surface area (Å²) in [5.41, 5.74) is 4.96. The fourth-order valence-corrected chi connectivity index (χ4v) is 2.32. The minimum atomic E-state index is 0.0159. The van der Waals surface area contributed by atoms with Crippen LogP contribution in [0.2, 0.25) is 0 Å². The molecule has 2 aromatic heterocycles. The van der Waals surface area contributed by atoms with E-state index in [0.717, 1.165) is 27.8 Å². The first-order chi connectivity index (χ1) is 10.2. The molecule has 2 heterocycles. The van der Waals surface area contributed by atoms with Crippen LogP contribution in [0.5, 0.6) is 0 Å². The molecule has 0 atom stereocenters. The first-order valence-corrected chi connectivity index (χ1v) is 7.01. The number of hydrogen-bond acceptors (Lipinski definition) is 2. The molecule has 3 aromatic rings. The van der Waals surface area contributed by atoms with Gasteiger partial charge < -0.3 is 10.3 Å².